The molecule has 0 aliphatic carbocycles. The van der Waals surface area contributed by atoms with Crippen molar-refractivity contribution in [1.29, 1.82) is 0 Å². The van der Waals surface area contributed by atoms with Gasteiger partial charge in [0.25, 0.3) is 0 Å². The maximum atomic E-state index is 11.8. The summed E-state index contributed by atoms with van der Waals surface area (Å²) >= 11 is 0. The van der Waals surface area contributed by atoms with Gasteiger partial charge in [-0.15, -0.1) is 0 Å². The first-order chi connectivity index (χ1) is 7.20. The van der Waals surface area contributed by atoms with Gasteiger partial charge in [-0.2, -0.15) is 0 Å². The van der Waals surface area contributed by atoms with Crippen LogP contribution in [0.4, 0.5) is 0 Å². The summed E-state index contributed by atoms with van der Waals surface area (Å²) in [6.45, 7) is 3.93. The topological polar surface area (TPSA) is 32.9 Å². The summed E-state index contributed by atoms with van der Waals surface area (Å²) in [5.74, 6) is 0. The second kappa shape index (κ2) is 3.73. The van der Waals surface area contributed by atoms with Crippen molar-refractivity contribution in [2.45, 2.75) is 13.8 Å². The van der Waals surface area contributed by atoms with Crippen LogP contribution in [0.15, 0.2) is 41.3 Å². The number of aromatic amines is 1. The van der Waals surface area contributed by atoms with Crippen molar-refractivity contribution in [1.82, 2.24) is 4.98 Å². The molecule has 0 saturated carbocycles. The lowest BCUT2D eigenvalue weighted by Gasteiger charge is -2.07. The van der Waals surface area contributed by atoms with Crippen LogP contribution >= 0.6 is 0 Å². The maximum Gasteiger partial charge on any atom is 0.189 e. The molecule has 1 N–H and O–H groups in total. The number of hydrogen-bond donors (Lipinski definition) is 1. The summed E-state index contributed by atoms with van der Waals surface area (Å²) in [6.07, 6.45) is 1.68. The SMILES string of the molecule is Cc1ccccc1-c1c(C)[nH]ccc1=O. The quantitative estimate of drug-likeness (QED) is 0.752. The molecule has 2 nitrogen and oxygen atoms in total. The molecule has 2 heteroatoms. The smallest absolute Gasteiger partial charge is 0.189 e. The average molecular weight is 199 g/mol. The largest absolute Gasteiger partial charge is 0.364 e. The van der Waals surface area contributed by atoms with Gasteiger partial charge in [-0.05, 0) is 25.0 Å². The van der Waals surface area contributed by atoms with E-state index < -0.39 is 0 Å². The lowest BCUT2D eigenvalue weighted by Crippen LogP contribution is -2.07. The van der Waals surface area contributed by atoms with Crippen molar-refractivity contribution < 1.29 is 0 Å². The van der Waals surface area contributed by atoms with E-state index in [1.165, 1.54) is 0 Å². The molecule has 76 valence electrons. The molecule has 0 amide bonds. The van der Waals surface area contributed by atoms with Crippen molar-refractivity contribution in [2.24, 2.45) is 0 Å². The zero-order valence-electron chi connectivity index (χ0n) is 8.87. The summed E-state index contributed by atoms with van der Waals surface area (Å²) in [5, 5.41) is 0. The molecule has 0 fully saturated rings. The van der Waals surface area contributed by atoms with E-state index in [1.54, 1.807) is 12.3 Å². The Kier molecular flexibility index (Phi) is 2.42. The van der Waals surface area contributed by atoms with Crippen LogP contribution in [0.5, 0.6) is 0 Å². The molecule has 1 aromatic heterocycles. The maximum absolute atomic E-state index is 11.8. The first-order valence-electron chi connectivity index (χ1n) is 4.94. The lowest BCUT2D eigenvalue weighted by molar-refractivity contribution is 1.18. The molecule has 15 heavy (non-hydrogen) atoms. The fourth-order valence-corrected chi connectivity index (χ4v) is 1.77. The zero-order chi connectivity index (χ0) is 10.8. The van der Waals surface area contributed by atoms with Crippen molar-refractivity contribution in [2.75, 3.05) is 0 Å². The molecule has 2 aromatic rings. The molecule has 1 aromatic carbocycles. The molecule has 0 atom stereocenters. The molecular weight excluding hydrogens is 186 g/mol. The Bertz CT molecular complexity index is 540. The van der Waals surface area contributed by atoms with Crippen LogP contribution < -0.4 is 5.43 Å². The highest BCUT2D eigenvalue weighted by Crippen LogP contribution is 2.21. The molecule has 0 aliphatic rings. The highest BCUT2D eigenvalue weighted by Gasteiger charge is 2.07. The molecule has 0 bridgehead atoms. The van der Waals surface area contributed by atoms with E-state index in [-0.39, 0.29) is 5.43 Å². The Morgan fingerprint density at radius 3 is 2.47 bits per heavy atom. The number of aryl methyl sites for hydroxylation is 2. The summed E-state index contributed by atoms with van der Waals surface area (Å²) < 4.78 is 0. The Labute approximate surface area is 88.6 Å². The minimum absolute atomic E-state index is 0.0700. The van der Waals surface area contributed by atoms with Crippen molar-refractivity contribution in [3.8, 4) is 11.1 Å². The summed E-state index contributed by atoms with van der Waals surface area (Å²) in [5.41, 5.74) is 3.89. The van der Waals surface area contributed by atoms with E-state index in [1.807, 2.05) is 38.1 Å². The molecular formula is C13H13NO. The van der Waals surface area contributed by atoms with Gasteiger partial charge in [0.15, 0.2) is 5.43 Å². The molecule has 0 aliphatic heterocycles. The van der Waals surface area contributed by atoms with E-state index in [4.69, 9.17) is 0 Å². The number of aromatic nitrogens is 1. The Morgan fingerprint density at radius 2 is 1.80 bits per heavy atom. The first kappa shape index (κ1) is 9.71. The number of benzene rings is 1. The number of H-pyrrole nitrogens is 1. The predicted molar refractivity (Wildman–Crippen MR) is 62.0 cm³/mol. The summed E-state index contributed by atoms with van der Waals surface area (Å²) in [6, 6.07) is 9.49. The van der Waals surface area contributed by atoms with Gasteiger partial charge in [0.1, 0.15) is 0 Å². The fraction of sp³-hybridized carbons (Fsp3) is 0.154. The van der Waals surface area contributed by atoms with Gasteiger partial charge in [0.05, 0.1) is 0 Å². The van der Waals surface area contributed by atoms with E-state index >= 15 is 0 Å². The van der Waals surface area contributed by atoms with Crippen LogP contribution in [-0.2, 0) is 0 Å². The third-order valence-electron chi connectivity index (χ3n) is 2.57. The summed E-state index contributed by atoms with van der Waals surface area (Å²) in [4.78, 5) is 14.8. The number of pyridine rings is 1. The van der Waals surface area contributed by atoms with Crippen LogP contribution in [0.25, 0.3) is 11.1 Å². The minimum atomic E-state index is 0.0700. The van der Waals surface area contributed by atoms with Gasteiger partial charge in [0, 0.05) is 23.5 Å². The fourth-order valence-electron chi connectivity index (χ4n) is 1.77. The van der Waals surface area contributed by atoms with Gasteiger partial charge in [0.2, 0.25) is 0 Å². The highest BCUT2D eigenvalue weighted by molar-refractivity contribution is 5.68. The van der Waals surface area contributed by atoms with Crippen LogP contribution in [0.3, 0.4) is 0 Å². The Balaban J connectivity index is 2.75. The van der Waals surface area contributed by atoms with Crippen molar-refractivity contribution in [3.63, 3.8) is 0 Å². The molecule has 2 rings (SSSR count). The molecule has 1 heterocycles. The Morgan fingerprint density at radius 1 is 1.07 bits per heavy atom. The van der Waals surface area contributed by atoms with E-state index in [0.29, 0.717) is 0 Å². The predicted octanol–water partition coefficient (Wildman–Crippen LogP) is 2.66. The van der Waals surface area contributed by atoms with E-state index in [2.05, 4.69) is 4.98 Å². The third kappa shape index (κ3) is 1.71. The van der Waals surface area contributed by atoms with Gasteiger partial charge in [-0.3, -0.25) is 4.79 Å². The lowest BCUT2D eigenvalue weighted by atomic mass is 9.99. The third-order valence-corrected chi connectivity index (χ3v) is 2.57. The molecule has 0 saturated heterocycles. The number of rotatable bonds is 1. The van der Waals surface area contributed by atoms with Crippen LogP contribution in [-0.4, -0.2) is 4.98 Å². The van der Waals surface area contributed by atoms with Gasteiger partial charge in [-0.25, -0.2) is 0 Å². The minimum Gasteiger partial charge on any atom is -0.364 e. The van der Waals surface area contributed by atoms with Crippen LogP contribution in [0.1, 0.15) is 11.3 Å². The molecule has 0 unspecified atom stereocenters. The monoisotopic (exact) mass is 199 g/mol. The van der Waals surface area contributed by atoms with Crippen molar-refractivity contribution >= 4 is 0 Å². The van der Waals surface area contributed by atoms with Gasteiger partial charge < -0.3 is 4.98 Å². The second-order valence-electron chi connectivity index (χ2n) is 3.66. The van der Waals surface area contributed by atoms with Gasteiger partial charge >= 0.3 is 0 Å². The van der Waals surface area contributed by atoms with Crippen LogP contribution in [0, 0.1) is 13.8 Å². The highest BCUT2D eigenvalue weighted by atomic mass is 16.1. The number of hydrogen-bond acceptors (Lipinski definition) is 1. The van der Waals surface area contributed by atoms with Crippen LogP contribution in [0.2, 0.25) is 0 Å². The zero-order valence-corrected chi connectivity index (χ0v) is 8.87. The first-order valence-corrected chi connectivity index (χ1v) is 4.94. The number of nitrogens with one attached hydrogen (secondary N) is 1. The molecule has 0 radical (unpaired) electrons. The van der Waals surface area contributed by atoms with Gasteiger partial charge in [-0.1, -0.05) is 24.3 Å². The summed E-state index contributed by atoms with van der Waals surface area (Å²) in [7, 11) is 0. The van der Waals surface area contributed by atoms with E-state index in [9.17, 15) is 4.79 Å². The van der Waals surface area contributed by atoms with E-state index in [0.717, 1.165) is 22.4 Å². The second-order valence-corrected chi connectivity index (χ2v) is 3.66. The Hall–Kier alpha value is -1.83. The average Bonchev–Trinajstić information content (AvgIpc) is 2.20. The molecule has 0 spiro atoms. The normalized spacial score (nSPS) is 10.3. The van der Waals surface area contributed by atoms with Crippen molar-refractivity contribution in [3.05, 3.63) is 58.0 Å². The standard InChI is InChI=1S/C13H13NO/c1-9-5-3-4-6-11(9)13-10(2)14-8-7-12(13)15/h3-8H,1-2H3,(H,14,15).